The molecule has 0 saturated carbocycles. The fraction of sp³-hybridized carbons (Fsp3) is 0.364. The van der Waals surface area contributed by atoms with Gasteiger partial charge in [0, 0.05) is 24.9 Å². The van der Waals surface area contributed by atoms with Gasteiger partial charge in [-0.3, -0.25) is 4.79 Å². The van der Waals surface area contributed by atoms with Crippen LogP contribution in [0.25, 0.3) is 0 Å². The lowest BCUT2D eigenvalue weighted by atomic mass is 10.2. The number of methoxy groups -OCH3 is 1. The summed E-state index contributed by atoms with van der Waals surface area (Å²) in [5.41, 5.74) is 1.59. The predicted molar refractivity (Wildman–Crippen MR) is 122 cm³/mol. The number of carbonyl (C=O) groups is 1. The first-order valence-electron chi connectivity index (χ1n) is 9.87. The molecule has 0 aliphatic rings. The summed E-state index contributed by atoms with van der Waals surface area (Å²) in [7, 11) is 1.57. The van der Waals surface area contributed by atoms with Crippen molar-refractivity contribution in [3.8, 4) is 5.75 Å². The molecule has 0 heterocycles. The summed E-state index contributed by atoms with van der Waals surface area (Å²) >= 11 is 1.70. The molecular formula is C22H29FN4O2S. The van der Waals surface area contributed by atoms with E-state index in [1.54, 1.807) is 31.0 Å². The Bertz CT molecular complexity index is 844. The molecule has 8 heteroatoms. The molecule has 3 N–H and O–H groups in total. The van der Waals surface area contributed by atoms with E-state index < -0.39 is 0 Å². The monoisotopic (exact) mass is 432 g/mol. The van der Waals surface area contributed by atoms with Crippen LogP contribution in [-0.4, -0.2) is 37.8 Å². The van der Waals surface area contributed by atoms with Crippen molar-refractivity contribution >= 4 is 29.3 Å². The summed E-state index contributed by atoms with van der Waals surface area (Å²) in [5, 5.41) is 9.34. The van der Waals surface area contributed by atoms with Crippen LogP contribution in [0.1, 0.15) is 25.8 Å². The van der Waals surface area contributed by atoms with E-state index in [2.05, 4.69) is 20.9 Å². The van der Waals surface area contributed by atoms with Gasteiger partial charge in [-0.15, -0.1) is 11.8 Å². The Morgan fingerprint density at radius 1 is 1.17 bits per heavy atom. The number of thioether (sulfide) groups is 1. The van der Waals surface area contributed by atoms with Crippen LogP contribution in [0.2, 0.25) is 0 Å². The SMILES string of the molecule is CCNC(=NCc1ccc(OC)c(NC(C)=O)c1)NCCCSc1ccc(F)cc1. The highest BCUT2D eigenvalue weighted by Crippen LogP contribution is 2.25. The first kappa shape index (κ1) is 23.5. The molecular weight excluding hydrogens is 403 g/mol. The van der Waals surface area contributed by atoms with Crippen LogP contribution in [0, 0.1) is 5.82 Å². The summed E-state index contributed by atoms with van der Waals surface area (Å²) in [4.78, 5) is 17.1. The maximum absolute atomic E-state index is 12.9. The standard InChI is InChI=1S/C22H29FN4O2S/c1-4-24-22(25-12-5-13-30-19-9-7-18(23)8-10-19)26-15-17-6-11-21(29-3)20(14-17)27-16(2)28/h6-11,14H,4-5,12-13,15H2,1-3H3,(H,27,28)(H2,24,25,26). The summed E-state index contributed by atoms with van der Waals surface area (Å²) in [6.07, 6.45) is 0.946. The fourth-order valence-electron chi connectivity index (χ4n) is 2.65. The smallest absolute Gasteiger partial charge is 0.221 e. The summed E-state index contributed by atoms with van der Waals surface area (Å²) in [6, 6.07) is 12.2. The Morgan fingerprint density at radius 3 is 2.60 bits per heavy atom. The van der Waals surface area contributed by atoms with E-state index in [1.165, 1.54) is 19.1 Å². The minimum atomic E-state index is -0.214. The van der Waals surface area contributed by atoms with E-state index in [0.717, 1.165) is 41.7 Å². The zero-order valence-electron chi connectivity index (χ0n) is 17.6. The third kappa shape index (κ3) is 8.32. The average molecular weight is 433 g/mol. The number of amides is 1. The second-order valence-electron chi connectivity index (χ2n) is 6.49. The molecule has 6 nitrogen and oxygen atoms in total. The largest absolute Gasteiger partial charge is 0.495 e. The van der Waals surface area contributed by atoms with Gasteiger partial charge >= 0.3 is 0 Å². The van der Waals surface area contributed by atoms with Gasteiger partial charge in [-0.2, -0.15) is 0 Å². The normalized spacial score (nSPS) is 11.1. The van der Waals surface area contributed by atoms with Gasteiger partial charge in [-0.1, -0.05) is 6.07 Å². The number of aliphatic imine (C=N–C) groups is 1. The lowest BCUT2D eigenvalue weighted by molar-refractivity contribution is -0.114. The number of benzene rings is 2. The Balaban J connectivity index is 1.86. The van der Waals surface area contributed by atoms with Gasteiger partial charge in [0.1, 0.15) is 11.6 Å². The van der Waals surface area contributed by atoms with E-state index in [-0.39, 0.29) is 11.7 Å². The van der Waals surface area contributed by atoms with Crippen LogP contribution in [0.5, 0.6) is 5.75 Å². The molecule has 0 unspecified atom stereocenters. The van der Waals surface area contributed by atoms with Crippen LogP contribution in [0.15, 0.2) is 52.4 Å². The third-order valence-corrected chi connectivity index (χ3v) is 5.13. The molecule has 1 amide bonds. The van der Waals surface area contributed by atoms with Crippen molar-refractivity contribution in [2.75, 3.05) is 31.3 Å². The van der Waals surface area contributed by atoms with Crippen LogP contribution >= 0.6 is 11.8 Å². The van der Waals surface area contributed by atoms with Crippen LogP contribution in [0.3, 0.4) is 0 Å². The van der Waals surface area contributed by atoms with Crippen molar-refractivity contribution in [1.29, 1.82) is 0 Å². The highest BCUT2D eigenvalue weighted by molar-refractivity contribution is 7.99. The number of hydrogen-bond donors (Lipinski definition) is 3. The minimum absolute atomic E-state index is 0.150. The van der Waals surface area contributed by atoms with Crippen molar-refractivity contribution in [3.63, 3.8) is 0 Å². The lowest BCUT2D eigenvalue weighted by Gasteiger charge is -2.12. The number of guanidine groups is 1. The summed E-state index contributed by atoms with van der Waals surface area (Å²) < 4.78 is 18.2. The Labute approximate surface area is 181 Å². The number of carbonyl (C=O) groups excluding carboxylic acids is 1. The van der Waals surface area contributed by atoms with Gasteiger partial charge in [0.05, 0.1) is 19.3 Å². The zero-order valence-corrected chi connectivity index (χ0v) is 18.4. The summed E-state index contributed by atoms with van der Waals surface area (Å²) in [6.45, 7) is 5.49. The molecule has 0 fully saturated rings. The van der Waals surface area contributed by atoms with Crippen molar-refractivity contribution in [2.45, 2.75) is 31.7 Å². The Hall–Kier alpha value is -2.74. The lowest BCUT2D eigenvalue weighted by Crippen LogP contribution is -2.37. The number of nitrogens with one attached hydrogen (secondary N) is 3. The Morgan fingerprint density at radius 2 is 1.93 bits per heavy atom. The molecule has 0 spiro atoms. The molecule has 30 heavy (non-hydrogen) atoms. The molecule has 0 aliphatic carbocycles. The molecule has 0 aliphatic heterocycles. The van der Waals surface area contributed by atoms with Gasteiger partial charge < -0.3 is 20.7 Å². The number of hydrogen-bond acceptors (Lipinski definition) is 4. The summed E-state index contributed by atoms with van der Waals surface area (Å²) in [5.74, 6) is 1.91. The second-order valence-corrected chi connectivity index (χ2v) is 7.66. The number of nitrogens with zero attached hydrogens (tertiary/aromatic N) is 1. The van der Waals surface area contributed by atoms with Gasteiger partial charge in [0.25, 0.3) is 0 Å². The van der Waals surface area contributed by atoms with E-state index in [9.17, 15) is 9.18 Å². The highest BCUT2D eigenvalue weighted by atomic mass is 32.2. The fourth-order valence-corrected chi connectivity index (χ4v) is 3.51. The molecule has 0 radical (unpaired) electrons. The van der Waals surface area contributed by atoms with Crippen molar-refractivity contribution in [1.82, 2.24) is 10.6 Å². The number of anilines is 1. The molecule has 162 valence electrons. The van der Waals surface area contributed by atoms with Gasteiger partial charge in [0.15, 0.2) is 5.96 Å². The number of rotatable bonds is 10. The van der Waals surface area contributed by atoms with Crippen molar-refractivity contribution in [3.05, 3.63) is 53.8 Å². The second kappa shape index (κ2) is 12.7. The average Bonchev–Trinajstić information content (AvgIpc) is 2.72. The molecule has 0 aromatic heterocycles. The van der Waals surface area contributed by atoms with Crippen molar-refractivity contribution in [2.24, 2.45) is 4.99 Å². The minimum Gasteiger partial charge on any atom is -0.495 e. The molecule has 0 atom stereocenters. The van der Waals surface area contributed by atoms with Gasteiger partial charge in [-0.25, -0.2) is 9.38 Å². The Kier molecular flexibility index (Phi) is 10.00. The zero-order chi connectivity index (χ0) is 21.8. The number of ether oxygens (including phenoxy) is 1. The first-order chi connectivity index (χ1) is 14.5. The van der Waals surface area contributed by atoms with Gasteiger partial charge in [0.2, 0.25) is 5.91 Å². The van der Waals surface area contributed by atoms with Crippen LogP contribution in [-0.2, 0) is 11.3 Å². The van der Waals surface area contributed by atoms with E-state index >= 15 is 0 Å². The molecule has 2 aromatic carbocycles. The number of halogens is 1. The van der Waals surface area contributed by atoms with E-state index in [1.807, 2.05) is 25.1 Å². The first-order valence-corrected chi connectivity index (χ1v) is 10.9. The van der Waals surface area contributed by atoms with E-state index in [0.29, 0.717) is 18.0 Å². The van der Waals surface area contributed by atoms with Gasteiger partial charge in [-0.05, 0) is 61.1 Å². The molecule has 0 bridgehead atoms. The van der Waals surface area contributed by atoms with Crippen LogP contribution < -0.4 is 20.7 Å². The topological polar surface area (TPSA) is 74.8 Å². The highest BCUT2D eigenvalue weighted by Gasteiger charge is 2.06. The molecule has 2 rings (SSSR count). The maximum atomic E-state index is 12.9. The third-order valence-electron chi connectivity index (χ3n) is 4.03. The molecule has 2 aromatic rings. The van der Waals surface area contributed by atoms with E-state index in [4.69, 9.17) is 4.74 Å². The van der Waals surface area contributed by atoms with Crippen molar-refractivity contribution < 1.29 is 13.9 Å². The maximum Gasteiger partial charge on any atom is 0.221 e. The molecule has 0 saturated heterocycles. The quantitative estimate of drug-likeness (QED) is 0.229. The predicted octanol–water partition coefficient (Wildman–Crippen LogP) is 4.03. The van der Waals surface area contributed by atoms with Crippen LogP contribution in [0.4, 0.5) is 10.1 Å².